The molecular formula is C14H18FN3. The molecule has 0 radical (unpaired) electrons. The molecule has 0 atom stereocenters. The van der Waals surface area contributed by atoms with Crippen LogP contribution in [0.3, 0.4) is 0 Å². The molecule has 2 aromatic rings. The molecule has 0 aliphatic heterocycles. The highest BCUT2D eigenvalue weighted by Gasteiger charge is 2.27. The molecule has 0 fully saturated rings. The highest BCUT2D eigenvalue weighted by molar-refractivity contribution is 5.33. The van der Waals surface area contributed by atoms with Crippen molar-refractivity contribution in [1.29, 1.82) is 0 Å². The lowest BCUT2D eigenvalue weighted by Gasteiger charge is -2.22. The highest BCUT2D eigenvalue weighted by atomic mass is 19.1. The van der Waals surface area contributed by atoms with E-state index in [1.54, 1.807) is 6.20 Å². The molecule has 18 heavy (non-hydrogen) atoms. The van der Waals surface area contributed by atoms with Crippen LogP contribution in [0.1, 0.15) is 25.8 Å². The maximum atomic E-state index is 14.4. The molecular weight excluding hydrogens is 229 g/mol. The van der Waals surface area contributed by atoms with Gasteiger partial charge in [0.15, 0.2) is 0 Å². The second-order valence-corrected chi connectivity index (χ2v) is 5.02. The summed E-state index contributed by atoms with van der Waals surface area (Å²) in [6.45, 7) is 4.49. The summed E-state index contributed by atoms with van der Waals surface area (Å²) < 4.78 is 15.7. The van der Waals surface area contributed by atoms with Gasteiger partial charge in [0.05, 0.1) is 11.9 Å². The Bertz CT molecular complexity index is 517. The molecule has 1 aromatic heterocycles. The van der Waals surface area contributed by atoms with Gasteiger partial charge in [-0.15, -0.1) is 0 Å². The van der Waals surface area contributed by atoms with E-state index in [0.717, 1.165) is 12.1 Å². The summed E-state index contributed by atoms with van der Waals surface area (Å²) in [5, 5.41) is 4.14. The minimum Gasteiger partial charge on any atom is -0.330 e. The Labute approximate surface area is 106 Å². The second-order valence-electron chi connectivity index (χ2n) is 5.02. The lowest BCUT2D eigenvalue weighted by molar-refractivity contribution is 0.441. The molecule has 1 heterocycles. The zero-order chi connectivity index (χ0) is 13.2. The summed E-state index contributed by atoms with van der Waals surface area (Å²) in [5.41, 5.74) is 6.61. The van der Waals surface area contributed by atoms with Crippen molar-refractivity contribution in [2.24, 2.45) is 5.73 Å². The van der Waals surface area contributed by atoms with Crippen LogP contribution < -0.4 is 5.73 Å². The van der Waals surface area contributed by atoms with Gasteiger partial charge in [-0.3, -0.25) is 0 Å². The largest absolute Gasteiger partial charge is 0.330 e. The molecule has 0 unspecified atom stereocenters. The predicted octanol–water partition coefficient (Wildman–Crippen LogP) is 2.64. The van der Waals surface area contributed by atoms with Crippen molar-refractivity contribution >= 4 is 0 Å². The number of nitrogens with two attached hydrogens (primary N) is 1. The van der Waals surface area contributed by atoms with Crippen molar-refractivity contribution in [3.63, 3.8) is 0 Å². The highest BCUT2D eigenvalue weighted by Crippen LogP contribution is 2.29. The average molecular weight is 247 g/mol. The number of halogens is 1. The molecule has 0 spiro atoms. The Kier molecular flexibility index (Phi) is 3.48. The van der Waals surface area contributed by atoms with Crippen LogP contribution in [-0.2, 0) is 5.41 Å². The first-order valence-corrected chi connectivity index (χ1v) is 6.06. The van der Waals surface area contributed by atoms with Crippen molar-refractivity contribution in [1.82, 2.24) is 9.78 Å². The standard InChI is InChI=1S/C14H18FN3/c1-14(2,8-9-16)12-10-17-18(13(12)15)11-6-4-3-5-7-11/h3-7,10H,8-9,16H2,1-2H3. The van der Waals surface area contributed by atoms with Crippen molar-refractivity contribution in [3.05, 3.63) is 48.0 Å². The summed E-state index contributed by atoms with van der Waals surface area (Å²) in [7, 11) is 0. The number of rotatable bonds is 4. The minimum absolute atomic E-state index is 0.300. The molecule has 0 amide bonds. The monoisotopic (exact) mass is 247 g/mol. The summed E-state index contributed by atoms with van der Waals surface area (Å²) in [5.74, 6) is -0.306. The van der Waals surface area contributed by atoms with Gasteiger partial charge in [-0.1, -0.05) is 32.0 Å². The van der Waals surface area contributed by atoms with Gasteiger partial charge in [-0.2, -0.15) is 9.49 Å². The third kappa shape index (κ3) is 2.29. The van der Waals surface area contributed by atoms with E-state index in [1.165, 1.54) is 4.68 Å². The quantitative estimate of drug-likeness (QED) is 0.902. The van der Waals surface area contributed by atoms with Crippen LogP contribution in [0.25, 0.3) is 5.69 Å². The fourth-order valence-corrected chi connectivity index (χ4v) is 2.03. The third-order valence-corrected chi connectivity index (χ3v) is 3.21. The number of benzene rings is 1. The van der Waals surface area contributed by atoms with E-state index >= 15 is 0 Å². The molecule has 0 aliphatic rings. The molecule has 3 nitrogen and oxygen atoms in total. The fourth-order valence-electron chi connectivity index (χ4n) is 2.03. The van der Waals surface area contributed by atoms with E-state index in [9.17, 15) is 4.39 Å². The van der Waals surface area contributed by atoms with Gasteiger partial charge >= 0.3 is 0 Å². The van der Waals surface area contributed by atoms with Crippen LogP contribution in [0, 0.1) is 5.95 Å². The van der Waals surface area contributed by atoms with Crippen LogP contribution in [0.15, 0.2) is 36.5 Å². The summed E-state index contributed by atoms with van der Waals surface area (Å²) in [6, 6.07) is 9.28. The SMILES string of the molecule is CC(C)(CCN)c1cnn(-c2ccccc2)c1F. The molecule has 1 aromatic carbocycles. The van der Waals surface area contributed by atoms with Crippen molar-refractivity contribution in [2.45, 2.75) is 25.7 Å². The number of para-hydroxylation sites is 1. The van der Waals surface area contributed by atoms with Gasteiger partial charge in [-0.25, -0.2) is 4.68 Å². The number of nitrogens with zero attached hydrogens (tertiary/aromatic N) is 2. The van der Waals surface area contributed by atoms with Crippen LogP contribution in [0.2, 0.25) is 0 Å². The molecule has 0 aliphatic carbocycles. The molecule has 2 rings (SSSR count). The maximum absolute atomic E-state index is 14.4. The zero-order valence-electron chi connectivity index (χ0n) is 10.7. The number of hydrogen-bond acceptors (Lipinski definition) is 2. The topological polar surface area (TPSA) is 43.8 Å². The van der Waals surface area contributed by atoms with Gasteiger partial charge in [0.2, 0.25) is 5.95 Å². The van der Waals surface area contributed by atoms with E-state index in [1.807, 2.05) is 44.2 Å². The first-order chi connectivity index (χ1) is 8.56. The van der Waals surface area contributed by atoms with E-state index in [-0.39, 0.29) is 11.4 Å². The minimum atomic E-state index is -0.306. The fraction of sp³-hybridized carbons (Fsp3) is 0.357. The van der Waals surface area contributed by atoms with E-state index in [2.05, 4.69) is 5.10 Å². The Balaban J connectivity index is 2.41. The van der Waals surface area contributed by atoms with Crippen LogP contribution in [-0.4, -0.2) is 16.3 Å². The Hall–Kier alpha value is -1.68. The molecule has 96 valence electrons. The smallest absolute Gasteiger partial charge is 0.219 e. The van der Waals surface area contributed by atoms with Crippen LogP contribution >= 0.6 is 0 Å². The molecule has 0 saturated heterocycles. The third-order valence-electron chi connectivity index (χ3n) is 3.21. The summed E-state index contributed by atoms with van der Waals surface area (Å²) in [4.78, 5) is 0. The van der Waals surface area contributed by atoms with E-state index in [4.69, 9.17) is 5.73 Å². The van der Waals surface area contributed by atoms with E-state index < -0.39 is 0 Å². The van der Waals surface area contributed by atoms with Crippen LogP contribution in [0.5, 0.6) is 0 Å². The van der Waals surface area contributed by atoms with Crippen molar-refractivity contribution < 1.29 is 4.39 Å². The normalized spacial score (nSPS) is 11.8. The Morgan fingerprint density at radius 3 is 2.56 bits per heavy atom. The van der Waals surface area contributed by atoms with E-state index in [0.29, 0.717) is 12.1 Å². The van der Waals surface area contributed by atoms with Gasteiger partial charge in [0.1, 0.15) is 0 Å². The average Bonchev–Trinajstić information content (AvgIpc) is 2.73. The summed E-state index contributed by atoms with van der Waals surface area (Å²) >= 11 is 0. The second kappa shape index (κ2) is 4.90. The van der Waals surface area contributed by atoms with Gasteiger partial charge in [-0.05, 0) is 30.5 Å². The molecule has 4 heteroatoms. The van der Waals surface area contributed by atoms with Gasteiger partial charge in [0, 0.05) is 5.56 Å². The predicted molar refractivity (Wildman–Crippen MR) is 70.2 cm³/mol. The number of hydrogen-bond donors (Lipinski definition) is 1. The van der Waals surface area contributed by atoms with Crippen molar-refractivity contribution in [2.75, 3.05) is 6.54 Å². The lowest BCUT2D eigenvalue weighted by atomic mass is 9.83. The molecule has 0 saturated carbocycles. The van der Waals surface area contributed by atoms with Crippen LogP contribution in [0.4, 0.5) is 4.39 Å². The maximum Gasteiger partial charge on any atom is 0.219 e. The molecule has 2 N–H and O–H groups in total. The Morgan fingerprint density at radius 2 is 1.94 bits per heavy atom. The lowest BCUT2D eigenvalue weighted by Crippen LogP contribution is -2.22. The Morgan fingerprint density at radius 1 is 1.28 bits per heavy atom. The zero-order valence-corrected chi connectivity index (χ0v) is 10.7. The van der Waals surface area contributed by atoms with Crippen molar-refractivity contribution in [3.8, 4) is 5.69 Å². The first-order valence-electron chi connectivity index (χ1n) is 6.06. The number of aromatic nitrogens is 2. The summed E-state index contributed by atoms with van der Waals surface area (Å²) in [6.07, 6.45) is 2.32. The molecule has 0 bridgehead atoms. The first kappa shape index (κ1) is 12.8. The van der Waals surface area contributed by atoms with Gasteiger partial charge in [0.25, 0.3) is 0 Å². The van der Waals surface area contributed by atoms with Gasteiger partial charge < -0.3 is 5.73 Å².